The van der Waals surface area contributed by atoms with E-state index >= 15 is 0 Å². The quantitative estimate of drug-likeness (QED) is 0.355. The van der Waals surface area contributed by atoms with E-state index in [1.165, 1.54) is 17.0 Å². The molecule has 0 spiro atoms. The molecule has 1 aromatic heterocycles. The fourth-order valence-electron chi connectivity index (χ4n) is 1.90. The van der Waals surface area contributed by atoms with Gasteiger partial charge in [-0.05, 0) is 35.6 Å². The minimum absolute atomic E-state index is 0. The molecule has 0 aliphatic rings. The molecule has 3 N–H and O–H groups in total. The molecular formula is C16H19F3IN3OS. The molecule has 0 bridgehead atoms. The molecule has 0 radical (unpaired) electrons. The summed E-state index contributed by atoms with van der Waals surface area (Å²) in [5.74, 6) is 0.456. The summed E-state index contributed by atoms with van der Waals surface area (Å²) < 4.78 is 41.1. The Bertz CT molecular complexity index is 663. The summed E-state index contributed by atoms with van der Waals surface area (Å²) in [7, 11) is 0. The predicted octanol–water partition coefficient (Wildman–Crippen LogP) is 3.95. The molecule has 9 heteroatoms. The molecule has 2 rings (SSSR count). The van der Waals surface area contributed by atoms with Crippen LogP contribution in [0.1, 0.15) is 10.4 Å². The normalized spacial score (nSPS) is 11.7. The van der Waals surface area contributed by atoms with Crippen molar-refractivity contribution in [1.82, 2.24) is 5.32 Å². The number of nitrogens with zero attached hydrogens (tertiary/aromatic N) is 1. The average molecular weight is 485 g/mol. The third-order valence-electron chi connectivity index (χ3n) is 2.99. The molecule has 0 saturated heterocycles. The lowest BCUT2D eigenvalue weighted by atomic mass is 10.2. The largest absolute Gasteiger partial charge is 0.484 e. The van der Waals surface area contributed by atoms with Crippen molar-refractivity contribution < 1.29 is 17.9 Å². The maximum atomic E-state index is 12.1. The van der Waals surface area contributed by atoms with Gasteiger partial charge in [0.05, 0.1) is 6.54 Å². The van der Waals surface area contributed by atoms with Crippen molar-refractivity contribution in [3.05, 3.63) is 52.2 Å². The number of thiophene rings is 1. The van der Waals surface area contributed by atoms with Gasteiger partial charge in [-0.25, -0.2) is 4.99 Å². The minimum atomic E-state index is -4.36. The van der Waals surface area contributed by atoms with E-state index in [4.69, 9.17) is 10.5 Å². The summed E-state index contributed by atoms with van der Waals surface area (Å²) in [5, 5.41) is 5.02. The summed E-state index contributed by atoms with van der Waals surface area (Å²) in [6.07, 6.45) is -3.50. The van der Waals surface area contributed by atoms with E-state index in [0.29, 0.717) is 12.5 Å². The van der Waals surface area contributed by atoms with Gasteiger partial charge in [0.15, 0.2) is 12.6 Å². The molecule has 25 heavy (non-hydrogen) atoms. The fraction of sp³-hybridized carbons (Fsp3) is 0.312. The zero-order valence-electron chi connectivity index (χ0n) is 13.3. The molecule has 0 atom stereocenters. The van der Waals surface area contributed by atoms with E-state index in [-0.39, 0.29) is 36.3 Å². The molecule has 4 nitrogen and oxygen atoms in total. The van der Waals surface area contributed by atoms with Crippen LogP contribution in [-0.4, -0.2) is 25.3 Å². The Morgan fingerprint density at radius 1 is 1.24 bits per heavy atom. The topological polar surface area (TPSA) is 59.6 Å². The standard InChI is InChI=1S/C16H18F3N3OS.HI/c17-16(18,19)11-23-13-4-1-3-12(9-13)10-22-15(20)21-7-6-14-5-2-8-24-14;/h1-5,8-9H,6-7,10-11H2,(H3,20,21,22);1H. The van der Waals surface area contributed by atoms with Crippen LogP contribution < -0.4 is 15.8 Å². The summed E-state index contributed by atoms with van der Waals surface area (Å²) in [6, 6.07) is 10.4. The maximum Gasteiger partial charge on any atom is 0.422 e. The van der Waals surface area contributed by atoms with Gasteiger partial charge in [0.2, 0.25) is 0 Å². The van der Waals surface area contributed by atoms with Crippen LogP contribution in [0.4, 0.5) is 13.2 Å². The fourth-order valence-corrected chi connectivity index (χ4v) is 2.61. The zero-order chi connectivity index (χ0) is 17.4. The molecular weight excluding hydrogens is 466 g/mol. The van der Waals surface area contributed by atoms with Gasteiger partial charge in [-0.2, -0.15) is 13.2 Å². The Hall–Kier alpha value is -1.49. The van der Waals surface area contributed by atoms with E-state index in [9.17, 15) is 13.2 Å². The molecule has 138 valence electrons. The number of ether oxygens (including phenoxy) is 1. The van der Waals surface area contributed by atoms with Gasteiger partial charge in [-0.1, -0.05) is 18.2 Å². The number of rotatable bonds is 7. The number of hydrogen-bond acceptors (Lipinski definition) is 3. The number of benzene rings is 1. The van der Waals surface area contributed by atoms with Crippen LogP contribution in [0.15, 0.2) is 46.8 Å². The second-order valence-corrected chi connectivity index (χ2v) is 6.04. The lowest BCUT2D eigenvalue weighted by molar-refractivity contribution is -0.153. The summed E-state index contributed by atoms with van der Waals surface area (Å²) >= 11 is 1.68. The molecule has 1 heterocycles. The number of hydrogen-bond donors (Lipinski definition) is 2. The highest BCUT2D eigenvalue weighted by atomic mass is 127. The van der Waals surface area contributed by atoms with Gasteiger partial charge >= 0.3 is 6.18 Å². The lowest BCUT2D eigenvalue weighted by Gasteiger charge is -2.10. The van der Waals surface area contributed by atoms with Crippen LogP contribution in [0, 0.1) is 0 Å². The average Bonchev–Trinajstić information content (AvgIpc) is 3.04. The van der Waals surface area contributed by atoms with Crippen LogP contribution in [0.25, 0.3) is 0 Å². The minimum Gasteiger partial charge on any atom is -0.484 e. The Morgan fingerprint density at radius 3 is 2.72 bits per heavy atom. The monoisotopic (exact) mass is 485 g/mol. The van der Waals surface area contributed by atoms with E-state index in [1.807, 2.05) is 17.5 Å². The molecule has 0 aliphatic heterocycles. The summed E-state index contributed by atoms with van der Waals surface area (Å²) in [6.45, 7) is -0.377. The predicted molar refractivity (Wildman–Crippen MR) is 105 cm³/mol. The van der Waals surface area contributed by atoms with Crippen molar-refractivity contribution in [1.29, 1.82) is 0 Å². The van der Waals surface area contributed by atoms with Gasteiger partial charge in [-0.15, -0.1) is 35.3 Å². The van der Waals surface area contributed by atoms with Crippen LogP contribution in [0.2, 0.25) is 0 Å². The Morgan fingerprint density at radius 2 is 2.04 bits per heavy atom. The Labute approximate surface area is 165 Å². The first-order valence-corrected chi connectivity index (χ1v) is 8.15. The lowest BCUT2D eigenvalue weighted by Crippen LogP contribution is -2.33. The second kappa shape index (κ2) is 10.5. The van der Waals surface area contributed by atoms with E-state index < -0.39 is 12.8 Å². The van der Waals surface area contributed by atoms with Gasteiger partial charge in [0, 0.05) is 11.4 Å². The van der Waals surface area contributed by atoms with Gasteiger partial charge in [0.25, 0.3) is 0 Å². The Kier molecular flexibility index (Phi) is 9.04. The SMILES string of the molecule is I.NC(=NCc1cccc(OCC(F)(F)F)c1)NCCc1cccs1. The third kappa shape index (κ3) is 8.96. The van der Waals surface area contributed by atoms with Crippen molar-refractivity contribution in [2.24, 2.45) is 10.7 Å². The second-order valence-electron chi connectivity index (χ2n) is 5.01. The highest BCUT2D eigenvalue weighted by molar-refractivity contribution is 14.0. The number of nitrogens with one attached hydrogen (secondary N) is 1. The van der Waals surface area contributed by atoms with Crippen LogP contribution in [0.5, 0.6) is 5.75 Å². The molecule has 2 aromatic rings. The van der Waals surface area contributed by atoms with E-state index in [0.717, 1.165) is 12.0 Å². The van der Waals surface area contributed by atoms with Gasteiger partial charge < -0.3 is 15.8 Å². The first kappa shape index (κ1) is 21.6. The molecule has 0 unspecified atom stereocenters. The summed E-state index contributed by atoms with van der Waals surface area (Å²) in [5.41, 5.74) is 6.50. The smallest absolute Gasteiger partial charge is 0.422 e. The number of guanidine groups is 1. The molecule has 0 saturated carbocycles. The summed E-state index contributed by atoms with van der Waals surface area (Å²) in [4.78, 5) is 5.43. The van der Waals surface area contributed by atoms with Crippen molar-refractivity contribution in [2.45, 2.75) is 19.1 Å². The first-order valence-electron chi connectivity index (χ1n) is 7.27. The van der Waals surface area contributed by atoms with Crippen molar-refractivity contribution >= 4 is 41.3 Å². The van der Waals surface area contributed by atoms with E-state index in [1.54, 1.807) is 23.5 Å². The number of nitrogens with two attached hydrogens (primary N) is 1. The molecule has 1 aromatic carbocycles. The highest BCUT2D eigenvalue weighted by Gasteiger charge is 2.28. The van der Waals surface area contributed by atoms with Crippen LogP contribution >= 0.6 is 35.3 Å². The van der Waals surface area contributed by atoms with Gasteiger partial charge in [-0.3, -0.25) is 0 Å². The number of aliphatic imine (C=N–C) groups is 1. The third-order valence-corrected chi connectivity index (χ3v) is 3.93. The Balaban J connectivity index is 0.00000312. The maximum absolute atomic E-state index is 12.1. The van der Waals surface area contributed by atoms with Crippen molar-refractivity contribution in [3.63, 3.8) is 0 Å². The number of halogens is 4. The van der Waals surface area contributed by atoms with Crippen LogP contribution in [0.3, 0.4) is 0 Å². The molecule has 0 aliphatic carbocycles. The first-order chi connectivity index (χ1) is 11.4. The zero-order valence-corrected chi connectivity index (χ0v) is 16.4. The van der Waals surface area contributed by atoms with E-state index in [2.05, 4.69) is 10.3 Å². The van der Waals surface area contributed by atoms with Crippen LogP contribution in [-0.2, 0) is 13.0 Å². The molecule has 0 amide bonds. The number of alkyl halides is 3. The van der Waals surface area contributed by atoms with Gasteiger partial charge in [0.1, 0.15) is 5.75 Å². The van der Waals surface area contributed by atoms with Crippen molar-refractivity contribution in [2.75, 3.05) is 13.2 Å². The highest BCUT2D eigenvalue weighted by Crippen LogP contribution is 2.19. The molecule has 0 fully saturated rings. The van der Waals surface area contributed by atoms with Crippen molar-refractivity contribution in [3.8, 4) is 5.75 Å².